The molecular formula is C25H29N3O4. The van der Waals surface area contributed by atoms with E-state index in [0.29, 0.717) is 41.4 Å². The molecule has 2 heterocycles. The van der Waals surface area contributed by atoms with Gasteiger partial charge in [-0.1, -0.05) is 12.1 Å². The minimum Gasteiger partial charge on any atom is -0.497 e. The zero-order valence-corrected chi connectivity index (χ0v) is 19.0. The molecule has 7 nitrogen and oxygen atoms in total. The van der Waals surface area contributed by atoms with Gasteiger partial charge in [0.2, 0.25) is 0 Å². The molecule has 2 amide bonds. The molecule has 0 atom stereocenters. The van der Waals surface area contributed by atoms with Crippen molar-refractivity contribution in [1.29, 1.82) is 0 Å². The van der Waals surface area contributed by atoms with E-state index in [1.807, 2.05) is 43.0 Å². The second kappa shape index (κ2) is 9.04. The Morgan fingerprint density at radius 3 is 1.97 bits per heavy atom. The van der Waals surface area contributed by atoms with Gasteiger partial charge in [0.05, 0.1) is 24.5 Å². The number of piperazine rings is 1. The van der Waals surface area contributed by atoms with Crippen molar-refractivity contribution in [2.24, 2.45) is 0 Å². The standard InChI is InChI=1S/C25H29N3O4/c1-17(2)32-21-9-5-18(6-10-21)22-23(27-15-13-26(3)14-16-27)25(30)28(24(22)29)19-7-11-20(31-4)12-8-19/h5-12,17H,13-16H2,1-4H3. The van der Waals surface area contributed by atoms with Crippen LogP contribution in [0.1, 0.15) is 19.4 Å². The van der Waals surface area contributed by atoms with Gasteiger partial charge in [-0.15, -0.1) is 0 Å². The summed E-state index contributed by atoms with van der Waals surface area (Å²) in [5.74, 6) is 0.796. The van der Waals surface area contributed by atoms with Gasteiger partial charge in [0.15, 0.2) is 0 Å². The number of nitrogens with zero attached hydrogens (tertiary/aromatic N) is 3. The largest absolute Gasteiger partial charge is 0.497 e. The number of methoxy groups -OCH3 is 1. The second-order valence-electron chi connectivity index (χ2n) is 8.35. The first-order valence-electron chi connectivity index (χ1n) is 10.9. The molecule has 7 heteroatoms. The summed E-state index contributed by atoms with van der Waals surface area (Å²) in [5, 5.41) is 0. The van der Waals surface area contributed by atoms with Crippen LogP contribution in [0.5, 0.6) is 11.5 Å². The predicted molar refractivity (Wildman–Crippen MR) is 124 cm³/mol. The van der Waals surface area contributed by atoms with Gasteiger partial charge in [0.1, 0.15) is 17.2 Å². The molecule has 0 radical (unpaired) electrons. The highest BCUT2D eigenvalue weighted by Gasteiger charge is 2.42. The summed E-state index contributed by atoms with van der Waals surface area (Å²) in [6.45, 7) is 6.99. The third kappa shape index (κ3) is 4.21. The number of benzene rings is 2. The van der Waals surface area contributed by atoms with E-state index in [2.05, 4.69) is 11.9 Å². The Labute approximate surface area is 188 Å². The minimum absolute atomic E-state index is 0.0567. The van der Waals surface area contributed by atoms with E-state index in [9.17, 15) is 9.59 Å². The lowest BCUT2D eigenvalue weighted by Gasteiger charge is -2.34. The van der Waals surface area contributed by atoms with E-state index >= 15 is 0 Å². The van der Waals surface area contributed by atoms with Crippen LogP contribution in [0.4, 0.5) is 5.69 Å². The monoisotopic (exact) mass is 435 g/mol. The molecule has 2 aromatic carbocycles. The van der Waals surface area contributed by atoms with Crippen molar-refractivity contribution in [3.05, 3.63) is 59.8 Å². The van der Waals surface area contributed by atoms with Crippen LogP contribution in [-0.4, -0.2) is 68.1 Å². The van der Waals surface area contributed by atoms with Gasteiger partial charge in [0.25, 0.3) is 11.8 Å². The third-order valence-electron chi connectivity index (χ3n) is 5.72. The molecule has 0 saturated carbocycles. The number of carbonyl (C=O) groups is 2. The van der Waals surface area contributed by atoms with Crippen molar-refractivity contribution in [2.45, 2.75) is 20.0 Å². The SMILES string of the molecule is COc1ccc(N2C(=O)C(c3ccc(OC(C)C)cc3)=C(N3CCN(C)CC3)C2=O)cc1. The number of imide groups is 1. The van der Waals surface area contributed by atoms with E-state index in [1.165, 1.54) is 4.90 Å². The third-order valence-corrected chi connectivity index (χ3v) is 5.72. The number of anilines is 1. The van der Waals surface area contributed by atoms with Crippen molar-refractivity contribution in [3.63, 3.8) is 0 Å². The van der Waals surface area contributed by atoms with Gasteiger partial charge in [-0.25, -0.2) is 4.90 Å². The van der Waals surface area contributed by atoms with Crippen molar-refractivity contribution in [3.8, 4) is 11.5 Å². The maximum Gasteiger partial charge on any atom is 0.282 e. The molecule has 1 saturated heterocycles. The first-order chi connectivity index (χ1) is 15.4. The van der Waals surface area contributed by atoms with Crippen molar-refractivity contribution >= 4 is 23.1 Å². The van der Waals surface area contributed by atoms with Gasteiger partial charge >= 0.3 is 0 Å². The molecule has 0 bridgehead atoms. The van der Waals surface area contributed by atoms with Crippen LogP contribution in [0.3, 0.4) is 0 Å². The van der Waals surface area contributed by atoms with Crippen molar-refractivity contribution in [2.75, 3.05) is 45.2 Å². The summed E-state index contributed by atoms with van der Waals surface area (Å²) in [7, 11) is 3.64. The normalized spacial score (nSPS) is 17.5. The molecule has 2 aromatic rings. The number of hydrogen-bond acceptors (Lipinski definition) is 6. The number of rotatable bonds is 6. The van der Waals surface area contributed by atoms with Crippen LogP contribution < -0.4 is 14.4 Å². The molecule has 0 aliphatic carbocycles. The smallest absolute Gasteiger partial charge is 0.282 e. The van der Waals surface area contributed by atoms with E-state index in [0.717, 1.165) is 18.8 Å². The summed E-state index contributed by atoms with van der Waals surface area (Å²) in [6, 6.07) is 14.4. The zero-order valence-electron chi connectivity index (χ0n) is 19.0. The molecular weight excluding hydrogens is 406 g/mol. The van der Waals surface area contributed by atoms with E-state index in [-0.39, 0.29) is 17.9 Å². The van der Waals surface area contributed by atoms with Crippen LogP contribution in [-0.2, 0) is 9.59 Å². The second-order valence-corrected chi connectivity index (χ2v) is 8.35. The summed E-state index contributed by atoms with van der Waals surface area (Å²) < 4.78 is 11.0. The fourth-order valence-corrected chi connectivity index (χ4v) is 4.04. The van der Waals surface area contributed by atoms with Gasteiger partial charge in [0, 0.05) is 26.2 Å². The number of ether oxygens (including phenoxy) is 2. The Morgan fingerprint density at radius 1 is 0.812 bits per heavy atom. The van der Waals surface area contributed by atoms with Crippen molar-refractivity contribution < 1.29 is 19.1 Å². The zero-order chi connectivity index (χ0) is 22.8. The molecule has 0 unspecified atom stereocenters. The first kappa shape index (κ1) is 21.9. The molecule has 4 rings (SSSR count). The summed E-state index contributed by atoms with van der Waals surface area (Å²) >= 11 is 0. The Morgan fingerprint density at radius 2 is 1.41 bits per heavy atom. The summed E-state index contributed by atoms with van der Waals surface area (Å²) in [4.78, 5) is 32.7. The van der Waals surface area contributed by atoms with E-state index in [1.54, 1.807) is 31.4 Å². The minimum atomic E-state index is -0.313. The molecule has 168 valence electrons. The topological polar surface area (TPSA) is 62.3 Å². The fourth-order valence-electron chi connectivity index (χ4n) is 4.04. The van der Waals surface area contributed by atoms with Crippen LogP contribution in [0.2, 0.25) is 0 Å². The van der Waals surface area contributed by atoms with E-state index < -0.39 is 0 Å². The lowest BCUT2D eigenvalue weighted by molar-refractivity contribution is -0.120. The van der Waals surface area contributed by atoms with Crippen molar-refractivity contribution in [1.82, 2.24) is 9.80 Å². The summed E-state index contributed by atoms with van der Waals surface area (Å²) in [5.41, 5.74) is 2.15. The molecule has 0 aromatic heterocycles. The Bertz CT molecular complexity index is 1020. The van der Waals surface area contributed by atoms with Crippen LogP contribution in [0.15, 0.2) is 54.2 Å². The predicted octanol–water partition coefficient (Wildman–Crippen LogP) is 3.01. The number of carbonyl (C=O) groups excluding carboxylic acids is 2. The summed E-state index contributed by atoms with van der Waals surface area (Å²) in [6.07, 6.45) is 0.0567. The van der Waals surface area contributed by atoms with Crippen LogP contribution >= 0.6 is 0 Å². The lowest BCUT2D eigenvalue weighted by Crippen LogP contribution is -2.46. The molecule has 0 N–H and O–H groups in total. The highest BCUT2D eigenvalue weighted by atomic mass is 16.5. The molecule has 0 spiro atoms. The maximum absolute atomic E-state index is 13.6. The highest BCUT2D eigenvalue weighted by molar-refractivity contribution is 6.45. The van der Waals surface area contributed by atoms with Crippen LogP contribution in [0, 0.1) is 0 Å². The Hall–Kier alpha value is -3.32. The molecule has 1 fully saturated rings. The first-order valence-corrected chi connectivity index (χ1v) is 10.9. The average molecular weight is 436 g/mol. The molecule has 2 aliphatic rings. The lowest BCUT2D eigenvalue weighted by atomic mass is 10.0. The van der Waals surface area contributed by atoms with Gasteiger partial charge in [-0.3, -0.25) is 9.59 Å². The van der Waals surface area contributed by atoms with Gasteiger partial charge in [-0.05, 0) is 62.9 Å². The average Bonchev–Trinajstić information content (AvgIpc) is 3.04. The quantitative estimate of drug-likeness (QED) is 0.650. The highest BCUT2D eigenvalue weighted by Crippen LogP contribution is 2.36. The number of amides is 2. The number of likely N-dealkylation sites (N-methyl/N-ethyl adjacent to an activating group) is 1. The van der Waals surface area contributed by atoms with E-state index in [4.69, 9.17) is 9.47 Å². The van der Waals surface area contributed by atoms with Gasteiger partial charge in [-0.2, -0.15) is 0 Å². The Balaban J connectivity index is 1.74. The maximum atomic E-state index is 13.6. The molecule has 2 aliphatic heterocycles. The Kier molecular flexibility index (Phi) is 6.19. The van der Waals surface area contributed by atoms with Gasteiger partial charge < -0.3 is 19.3 Å². The van der Waals surface area contributed by atoms with Crippen LogP contribution in [0.25, 0.3) is 5.57 Å². The number of hydrogen-bond donors (Lipinski definition) is 0. The fraction of sp³-hybridized carbons (Fsp3) is 0.360. The molecule has 32 heavy (non-hydrogen) atoms.